The summed E-state index contributed by atoms with van der Waals surface area (Å²) in [5.74, 6) is 0.105. The third kappa shape index (κ3) is 9.35. The summed E-state index contributed by atoms with van der Waals surface area (Å²) in [5.41, 5.74) is -0.807. The second-order valence-electron chi connectivity index (χ2n) is 5.60. The van der Waals surface area contributed by atoms with Crippen LogP contribution in [-0.4, -0.2) is 59.2 Å². The molecule has 22 heavy (non-hydrogen) atoms. The zero-order valence-corrected chi connectivity index (χ0v) is 15.0. The summed E-state index contributed by atoms with van der Waals surface area (Å²) in [7, 11) is -2.28. The number of hydrogen-bond acceptors (Lipinski definition) is 5. The van der Waals surface area contributed by atoms with Gasteiger partial charge < -0.3 is 15.7 Å². The molecule has 0 aromatic rings. The molecule has 0 saturated carbocycles. The Labute approximate surface area is 136 Å². The van der Waals surface area contributed by atoms with Gasteiger partial charge in [-0.1, -0.05) is 13.8 Å². The highest BCUT2D eigenvalue weighted by Gasteiger charge is 2.35. The molecule has 0 aliphatic rings. The van der Waals surface area contributed by atoms with Gasteiger partial charge in [0.1, 0.15) is 6.10 Å². The van der Waals surface area contributed by atoms with Crippen LogP contribution in [-0.2, 0) is 14.2 Å². The molecule has 0 radical (unpaired) electrons. The average Bonchev–Trinajstić information content (AvgIpc) is 2.44. The second kappa shape index (κ2) is 10.9. The Hall–Kier alpha value is -0.690. The minimum atomic E-state index is -2.28. The van der Waals surface area contributed by atoms with Gasteiger partial charge in [-0.05, 0) is 10.8 Å². The number of carbonyl (C=O) groups excluding carboxylic acids is 2. The Morgan fingerprint density at radius 3 is 2.45 bits per heavy atom. The van der Waals surface area contributed by atoms with Crippen molar-refractivity contribution >= 4 is 31.6 Å². The van der Waals surface area contributed by atoms with Crippen LogP contribution in [0.2, 0.25) is 0 Å². The first-order valence-corrected chi connectivity index (χ1v) is 9.85. The number of rotatable bonds is 11. The van der Waals surface area contributed by atoms with Crippen LogP contribution < -0.4 is 10.6 Å². The third-order valence-corrected chi connectivity index (χ3v) is 4.43. The molecule has 2 atom stereocenters. The molecule has 0 heterocycles. The summed E-state index contributed by atoms with van der Waals surface area (Å²) in [6.07, 6.45) is 1.09. The summed E-state index contributed by atoms with van der Waals surface area (Å²) in [6, 6.07) is 0. The maximum atomic E-state index is 11.8. The van der Waals surface area contributed by atoms with Gasteiger partial charge in [-0.2, -0.15) is 16.7 Å². The SMILES string of the molecule is CSCCNC(=O)CCNC(=O)C(O)C(C)(C)CC[P+](=O)O. The Morgan fingerprint density at radius 1 is 1.27 bits per heavy atom. The lowest BCUT2D eigenvalue weighted by molar-refractivity contribution is -0.135. The van der Waals surface area contributed by atoms with E-state index in [1.54, 1.807) is 25.6 Å². The van der Waals surface area contributed by atoms with Crippen molar-refractivity contribution in [1.82, 2.24) is 10.6 Å². The fourth-order valence-electron chi connectivity index (χ4n) is 1.65. The molecule has 0 saturated heterocycles. The molecule has 0 aliphatic heterocycles. The molecule has 0 aliphatic carbocycles. The van der Waals surface area contributed by atoms with Crippen LogP contribution in [0, 0.1) is 5.41 Å². The quantitative estimate of drug-likeness (QED) is 0.317. The summed E-state index contributed by atoms with van der Waals surface area (Å²) in [6.45, 7) is 4.05. The zero-order valence-electron chi connectivity index (χ0n) is 13.3. The van der Waals surface area contributed by atoms with Crippen molar-refractivity contribution in [3.8, 4) is 0 Å². The molecule has 0 spiro atoms. The predicted molar refractivity (Wildman–Crippen MR) is 88.1 cm³/mol. The summed E-state index contributed by atoms with van der Waals surface area (Å²) in [5, 5.41) is 15.2. The third-order valence-electron chi connectivity index (χ3n) is 3.22. The number of hydrogen-bond donors (Lipinski definition) is 4. The van der Waals surface area contributed by atoms with E-state index in [1.807, 2.05) is 6.26 Å². The van der Waals surface area contributed by atoms with Crippen molar-refractivity contribution in [3.05, 3.63) is 0 Å². The van der Waals surface area contributed by atoms with E-state index in [9.17, 15) is 19.3 Å². The van der Waals surface area contributed by atoms with Crippen molar-refractivity contribution in [2.75, 3.05) is 31.3 Å². The van der Waals surface area contributed by atoms with E-state index < -0.39 is 25.5 Å². The Morgan fingerprint density at radius 2 is 1.91 bits per heavy atom. The van der Waals surface area contributed by atoms with Gasteiger partial charge in [0.25, 0.3) is 0 Å². The van der Waals surface area contributed by atoms with Gasteiger partial charge in [-0.3, -0.25) is 9.59 Å². The molecule has 0 aromatic heterocycles. The summed E-state index contributed by atoms with van der Waals surface area (Å²) in [4.78, 5) is 32.1. The van der Waals surface area contributed by atoms with Crippen LogP contribution in [0.25, 0.3) is 0 Å². The number of aliphatic hydroxyl groups excluding tert-OH is 1. The molecule has 0 bridgehead atoms. The zero-order chi connectivity index (χ0) is 17.2. The van der Waals surface area contributed by atoms with Gasteiger partial charge >= 0.3 is 8.03 Å². The van der Waals surface area contributed by atoms with E-state index in [1.165, 1.54) is 0 Å². The molecule has 9 heteroatoms. The first kappa shape index (κ1) is 21.3. The van der Waals surface area contributed by atoms with Gasteiger partial charge in [-0.25, -0.2) is 0 Å². The average molecular weight is 353 g/mol. The molecule has 0 aromatic carbocycles. The lowest BCUT2D eigenvalue weighted by Crippen LogP contribution is -2.45. The fourth-order valence-corrected chi connectivity index (χ4v) is 2.73. The van der Waals surface area contributed by atoms with E-state index in [-0.39, 0.29) is 31.5 Å². The van der Waals surface area contributed by atoms with Crippen molar-refractivity contribution in [3.63, 3.8) is 0 Å². The maximum Gasteiger partial charge on any atom is 0.505 e. The highest BCUT2D eigenvalue weighted by Crippen LogP contribution is 2.30. The first-order valence-electron chi connectivity index (χ1n) is 7.05. The van der Waals surface area contributed by atoms with Crippen LogP contribution >= 0.6 is 19.8 Å². The molecule has 128 valence electrons. The highest BCUT2D eigenvalue weighted by molar-refractivity contribution is 7.98. The van der Waals surface area contributed by atoms with Gasteiger partial charge in [0.2, 0.25) is 11.8 Å². The minimum Gasteiger partial charge on any atom is -0.383 e. The predicted octanol–water partition coefficient (Wildman–Crippen LogP) is 0.484. The number of carbonyl (C=O) groups is 2. The maximum absolute atomic E-state index is 11.8. The number of aliphatic hydroxyl groups is 1. The van der Waals surface area contributed by atoms with Crippen LogP contribution in [0.3, 0.4) is 0 Å². The van der Waals surface area contributed by atoms with Crippen LogP contribution in [0.4, 0.5) is 0 Å². The topological polar surface area (TPSA) is 116 Å². The van der Waals surface area contributed by atoms with Crippen LogP contribution in [0.1, 0.15) is 26.7 Å². The second-order valence-corrected chi connectivity index (χ2v) is 7.74. The smallest absolute Gasteiger partial charge is 0.383 e. The van der Waals surface area contributed by atoms with Gasteiger partial charge in [0.05, 0.1) is 0 Å². The molecule has 2 amide bonds. The number of thioether (sulfide) groups is 1. The van der Waals surface area contributed by atoms with E-state index in [2.05, 4.69) is 10.6 Å². The Bertz CT molecular complexity index is 393. The van der Waals surface area contributed by atoms with Crippen molar-refractivity contribution in [2.45, 2.75) is 32.8 Å². The monoisotopic (exact) mass is 353 g/mol. The molecular formula is C13H26N2O5PS+. The summed E-state index contributed by atoms with van der Waals surface area (Å²) >= 11 is 1.63. The van der Waals surface area contributed by atoms with Crippen molar-refractivity contribution in [1.29, 1.82) is 0 Å². The minimum absolute atomic E-state index is 0.0323. The number of amides is 2. The van der Waals surface area contributed by atoms with E-state index >= 15 is 0 Å². The van der Waals surface area contributed by atoms with Crippen molar-refractivity contribution in [2.24, 2.45) is 5.41 Å². The Kier molecular flexibility index (Phi) is 10.6. The molecule has 4 N–H and O–H groups in total. The Balaban J connectivity index is 4.09. The van der Waals surface area contributed by atoms with Gasteiger partial charge in [-0.15, -0.1) is 0 Å². The summed E-state index contributed by atoms with van der Waals surface area (Å²) < 4.78 is 10.7. The van der Waals surface area contributed by atoms with Crippen LogP contribution in [0.5, 0.6) is 0 Å². The molecule has 0 fully saturated rings. The van der Waals surface area contributed by atoms with Gasteiger partial charge in [0, 0.05) is 37.1 Å². The van der Waals surface area contributed by atoms with E-state index in [4.69, 9.17) is 4.89 Å². The molecular weight excluding hydrogens is 327 g/mol. The fraction of sp³-hybridized carbons (Fsp3) is 0.846. The number of nitrogens with one attached hydrogen (secondary N) is 2. The standard InChI is InChI=1S/C13H25N2O5PS/c1-13(2,5-8-21(19)20)11(17)12(18)15-6-4-10(16)14-7-9-22-3/h11,17H,4-9H2,1-3H3,(H2-,14,15,16,18,19,20)/p+1. The van der Waals surface area contributed by atoms with Gasteiger partial charge in [0.15, 0.2) is 6.16 Å². The molecule has 0 rings (SSSR count). The molecule has 2 unspecified atom stereocenters. The highest BCUT2D eigenvalue weighted by atomic mass is 32.2. The van der Waals surface area contributed by atoms with Crippen molar-refractivity contribution < 1.29 is 24.2 Å². The normalized spacial score (nSPS) is 13.4. The lowest BCUT2D eigenvalue weighted by Gasteiger charge is -2.27. The van der Waals surface area contributed by atoms with Crippen LogP contribution in [0.15, 0.2) is 0 Å². The first-order chi connectivity index (χ1) is 10.2. The largest absolute Gasteiger partial charge is 0.505 e. The lowest BCUT2D eigenvalue weighted by atomic mass is 9.83. The molecule has 7 nitrogen and oxygen atoms in total. The van der Waals surface area contributed by atoms with E-state index in [0.29, 0.717) is 6.54 Å². The van der Waals surface area contributed by atoms with E-state index in [0.717, 1.165) is 5.75 Å².